The highest BCUT2D eigenvalue weighted by atomic mass is 32.2. The number of hydrogen-bond acceptors (Lipinski definition) is 4. The number of fused-ring (bicyclic) bond motifs is 3. The Morgan fingerprint density at radius 1 is 1.21 bits per heavy atom. The average molecular weight is 417 g/mol. The van der Waals surface area contributed by atoms with Crippen molar-refractivity contribution in [2.45, 2.75) is 36.7 Å². The minimum atomic E-state index is -3.98. The number of hydrogen-bond donors (Lipinski definition) is 2. The molecule has 1 aliphatic rings. The van der Waals surface area contributed by atoms with Gasteiger partial charge >= 0.3 is 5.97 Å². The van der Waals surface area contributed by atoms with Crippen molar-refractivity contribution >= 4 is 26.9 Å². The van der Waals surface area contributed by atoms with Crippen LogP contribution in [-0.4, -0.2) is 34.5 Å². The normalized spacial score (nSPS) is 16.9. The van der Waals surface area contributed by atoms with Crippen LogP contribution in [0.4, 0.5) is 4.39 Å². The van der Waals surface area contributed by atoms with E-state index in [-0.39, 0.29) is 11.4 Å². The lowest BCUT2D eigenvalue weighted by molar-refractivity contribution is -0.137. The van der Waals surface area contributed by atoms with E-state index in [1.54, 1.807) is 4.57 Å². The molecule has 1 unspecified atom stereocenters. The number of halogens is 1. The number of para-hydroxylation sites is 1. The molecule has 152 valence electrons. The minimum absolute atomic E-state index is 0.0690. The van der Waals surface area contributed by atoms with Gasteiger partial charge in [0.1, 0.15) is 12.4 Å². The molecule has 0 amide bonds. The van der Waals surface area contributed by atoms with E-state index in [2.05, 4.69) is 0 Å². The molecule has 0 radical (unpaired) electrons. The van der Waals surface area contributed by atoms with Crippen LogP contribution in [0.3, 0.4) is 0 Å². The predicted molar refractivity (Wildman–Crippen MR) is 105 cm³/mol. The summed E-state index contributed by atoms with van der Waals surface area (Å²) < 4.78 is 41.5. The molecule has 1 atom stereocenters. The Bertz CT molecular complexity index is 1190. The molecule has 0 saturated heterocycles. The monoisotopic (exact) mass is 417 g/mol. The van der Waals surface area contributed by atoms with Gasteiger partial charge in [0.15, 0.2) is 0 Å². The van der Waals surface area contributed by atoms with Crippen molar-refractivity contribution in [2.75, 3.05) is 0 Å². The van der Waals surface area contributed by atoms with E-state index in [9.17, 15) is 22.7 Å². The number of rotatable bonds is 5. The van der Waals surface area contributed by atoms with Crippen LogP contribution < -0.4 is 5.84 Å². The van der Waals surface area contributed by atoms with Gasteiger partial charge in [-0.05, 0) is 55.2 Å². The summed E-state index contributed by atoms with van der Waals surface area (Å²) >= 11 is 0. The van der Waals surface area contributed by atoms with Crippen LogP contribution in [-0.2, 0) is 34.2 Å². The van der Waals surface area contributed by atoms with E-state index in [1.165, 1.54) is 12.1 Å². The van der Waals surface area contributed by atoms with E-state index in [1.807, 2.05) is 24.3 Å². The van der Waals surface area contributed by atoms with Gasteiger partial charge < -0.3 is 9.67 Å². The van der Waals surface area contributed by atoms with Crippen LogP contribution in [0.1, 0.15) is 17.7 Å². The Kier molecular flexibility index (Phi) is 4.89. The fraction of sp³-hybridized carbons (Fsp3) is 0.250. The van der Waals surface area contributed by atoms with Crippen molar-refractivity contribution < 1.29 is 22.7 Å². The summed E-state index contributed by atoms with van der Waals surface area (Å²) in [6.07, 6.45) is 1.34. The smallest absolute Gasteiger partial charge is 0.323 e. The molecule has 0 fully saturated rings. The molecule has 9 heteroatoms. The zero-order chi connectivity index (χ0) is 20.8. The zero-order valence-electron chi connectivity index (χ0n) is 15.5. The molecule has 0 saturated carbocycles. The summed E-state index contributed by atoms with van der Waals surface area (Å²) in [7, 11) is -3.98. The Balaban J connectivity index is 1.70. The highest BCUT2D eigenvalue weighted by Gasteiger charge is 2.34. The lowest BCUT2D eigenvalue weighted by atomic mass is 9.92. The third-order valence-corrected chi connectivity index (χ3v) is 7.11. The summed E-state index contributed by atoms with van der Waals surface area (Å²) in [5.74, 6) is 4.57. The van der Waals surface area contributed by atoms with Crippen LogP contribution in [0.5, 0.6) is 0 Å². The van der Waals surface area contributed by atoms with Gasteiger partial charge in [-0.25, -0.2) is 12.8 Å². The maximum absolute atomic E-state index is 13.2. The van der Waals surface area contributed by atoms with Crippen molar-refractivity contribution in [1.82, 2.24) is 8.98 Å². The molecule has 1 aromatic heterocycles. The quantitative estimate of drug-likeness (QED) is 0.489. The number of hydrazine groups is 1. The molecular weight excluding hydrogens is 397 g/mol. The number of sulfonamides is 1. The van der Waals surface area contributed by atoms with Crippen LogP contribution in [0, 0.1) is 5.82 Å². The summed E-state index contributed by atoms with van der Waals surface area (Å²) in [5.41, 5.74) is 2.63. The zero-order valence-corrected chi connectivity index (χ0v) is 16.3. The van der Waals surface area contributed by atoms with Gasteiger partial charge in [-0.15, -0.1) is 4.41 Å². The fourth-order valence-electron chi connectivity index (χ4n) is 4.04. The number of carboxylic acids is 1. The Labute approximate surface area is 167 Å². The van der Waals surface area contributed by atoms with Crippen molar-refractivity contribution in [1.29, 1.82) is 0 Å². The van der Waals surface area contributed by atoms with Crippen molar-refractivity contribution in [3.63, 3.8) is 0 Å². The van der Waals surface area contributed by atoms with Gasteiger partial charge in [0, 0.05) is 22.6 Å². The lowest BCUT2D eigenvalue weighted by Gasteiger charge is -2.30. The Morgan fingerprint density at radius 3 is 2.59 bits per heavy atom. The standard InChI is InChI=1S/C20H20FN3O4S/c21-13-5-8-15(9-6-13)29(27,28)24(22)14-7-10-19-17(11-14)16-3-1-2-4-18(16)23(19)12-20(25)26/h1-6,8-9,14H,7,10-12,22H2,(H,25,26). The molecule has 7 nitrogen and oxygen atoms in total. The number of nitrogens with two attached hydrogens (primary N) is 1. The first-order chi connectivity index (χ1) is 13.8. The lowest BCUT2D eigenvalue weighted by Crippen LogP contribution is -2.48. The van der Waals surface area contributed by atoms with E-state index in [4.69, 9.17) is 5.84 Å². The first-order valence-corrected chi connectivity index (χ1v) is 10.6. The maximum atomic E-state index is 13.2. The largest absolute Gasteiger partial charge is 0.480 e. The summed E-state index contributed by atoms with van der Waals surface area (Å²) in [5, 5.41) is 10.2. The Hall–Kier alpha value is -2.75. The topological polar surface area (TPSA) is 106 Å². The molecular formula is C20H20FN3O4S. The number of carbonyl (C=O) groups is 1. The summed E-state index contributed by atoms with van der Waals surface area (Å²) in [4.78, 5) is 11.3. The maximum Gasteiger partial charge on any atom is 0.323 e. The predicted octanol–water partition coefficient (Wildman–Crippen LogP) is 2.29. The second kappa shape index (κ2) is 7.25. The van der Waals surface area contributed by atoms with Gasteiger partial charge in [-0.3, -0.25) is 10.6 Å². The second-order valence-corrected chi connectivity index (χ2v) is 8.95. The molecule has 0 bridgehead atoms. The van der Waals surface area contributed by atoms with Crippen LogP contribution >= 0.6 is 0 Å². The molecule has 3 N–H and O–H groups in total. The highest BCUT2D eigenvalue weighted by Crippen LogP contribution is 2.34. The molecule has 2 aromatic carbocycles. The molecule has 4 rings (SSSR count). The third-order valence-electron chi connectivity index (χ3n) is 5.39. The second-order valence-electron chi connectivity index (χ2n) is 7.11. The minimum Gasteiger partial charge on any atom is -0.480 e. The third kappa shape index (κ3) is 3.41. The fourth-order valence-corrected chi connectivity index (χ4v) is 5.34. The highest BCUT2D eigenvalue weighted by molar-refractivity contribution is 7.89. The number of carboxylic acid groups (broad SMARTS) is 1. The van der Waals surface area contributed by atoms with Crippen LogP contribution in [0.15, 0.2) is 53.4 Å². The molecule has 1 heterocycles. The van der Waals surface area contributed by atoms with Crippen molar-refractivity contribution in [2.24, 2.45) is 5.84 Å². The summed E-state index contributed by atoms with van der Waals surface area (Å²) in [6, 6.07) is 11.5. The van der Waals surface area contributed by atoms with Crippen molar-refractivity contribution in [3.8, 4) is 0 Å². The van der Waals surface area contributed by atoms with Gasteiger partial charge in [0.25, 0.3) is 10.0 Å². The van der Waals surface area contributed by atoms with Gasteiger partial charge in [0.05, 0.1) is 4.90 Å². The van der Waals surface area contributed by atoms with Gasteiger partial charge in [-0.1, -0.05) is 18.2 Å². The molecule has 0 spiro atoms. The number of nitrogens with zero attached hydrogens (tertiary/aromatic N) is 2. The van der Waals surface area contributed by atoms with Crippen LogP contribution in [0.2, 0.25) is 0 Å². The van der Waals surface area contributed by atoms with E-state index in [0.717, 1.165) is 38.7 Å². The van der Waals surface area contributed by atoms with E-state index in [0.29, 0.717) is 19.3 Å². The first-order valence-electron chi connectivity index (χ1n) is 9.14. The Morgan fingerprint density at radius 2 is 1.90 bits per heavy atom. The molecule has 1 aliphatic carbocycles. The first kappa shape index (κ1) is 19.6. The molecule has 0 aliphatic heterocycles. The van der Waals surface area contributed by atoms with Crippen molar-refractivity contribution in [3.05, 3.63) is 65.6 Å². The van der Waals surface area contributed by atoms with E-state index < -0.39 is 27.9 Å². The molecule has 29 heavy (non-hydrogen) atoms. The average Bonchev–Trinajstić information content (AvgIpc) is 3.00. The van der Waals surface area contributed by atoms with Gasteiger partial charge in [-0.2, -0.15) is 0 Å². The SMILES string of the molecule is NN(C1CCc2c(c3ccccc3n2CC(=O)O)C1)S(=O)(=O)c1ccc(F)cc1. The van der Waals surface area contributed by atoms with Crippen LogP contribution in [0.25, 0.3) is 10.9 Å². The van der Waals surface area contributed by atoms with E-state index >= 15 is 0 Å². The number of aromatic nitrogens is 1. The number of benzene rings is 2. The summed E-state index contributed by atoms with van der Waals surface area (Å²) in [6.45, 7) is -0.152. The molecule has 3 aromatic rings. The van der Waals surface area contributed by atoms with Gasteiger partial charge in [0.2, 0.25) is 0 Å². The number of aliphatic carboxylic acids is 1.